The van der Waals surface area contributed by atoms with Crippen molar-refractivity contribution < 1.29 is 23.9 Å². The number of ether oxygens (including phenoxy) is 2. The number of nitrogens with one attached hydrogen (secondary N) is 2. The number of hydrogen-bond donors (Lipinski definition) is 2. The number of carbonyl (C=O) groups is 3. The average Bonchev–Trinajstić information content (AvgIpc) is 3.07. The average molecular weight is 453 g/mol. The Kier molecular flexibility index (Phi) is 7.53. The van der Waals surface area contributed by atoms with E-state index < -0.39 is 23.3 Å². The number of esters is 1. The molecule has 33 heavy (non-hydrogen) atoms. The van der Waals surface area contributed by atoms with Gasteiger partial charge in [-0.25, -0.2) is 9.59 Å². The molecule has 0 bridgehead atoms. The van der Waals surface area contributed by atoms with Crippen molar-refractivity contribution in [2.45, 2.75) is 57.2 Å². The minimum atomic E-state index is -1.08. The molecule has 0 saturated heterocycles. The molecule has 176 valence electrons. The molecule has 0 saturated carbocycles. The first kappa shape index (κ1) is 24.5. The van der Waals surface area contributed by atoms with Gasteiger partial charge in [-0.2, -0.15) is 0 Å². The number of hydrogen-bond acceptors (Lipinski definition) is 6. The zero-order valence-electron chi connectivity index (χ0n) is 19.6. The van der Waals surface area contributed by atoms with Crippen molar-refractivity contribution >= 4 is 18.3 Å². The third kappa shape index (κ3) is 5.25. The van der Waals surface area contributed by atoms with Crippen LogP contribution < -0.4 is 10.6 Å². The second-order valence-corrected chi connectivity index (χ2v) is 9.14. The Bertz CT molecular complexity index is 966. The van der Waals surface area contributed by atoms with E-state index in [1.165, 1.54) is 7.11 Å². The standard InChI is InChI=1S/C26H32N2O5/c1-25(2,3)33-24(31)28-18(17-29)11-9-10-16-27-26(23(30)32-4)21-14-7-5-12-19(21)20-13-6-8-15-22(20)26/h5-8,12-15,17-18,27H,9-11,16H2,1-4H3,(H,28,31)/t18-/m0/s1. The highest BCUT2D eigenvalue weighted by molar-refractivity contribution is 5.97. The van der Waals surface area contributed by atoms with E-state index in [0.29, 0.717) is 25.8 Å². The number of alkyl carbamates (subject to hydrolysis) is 1. The molecular formula is C26H32N2O5. The predicted molar refractivity (Wildman–Crippen MR) is 126 cm³/mol. The minimum absolute atomic E-state index is 0.364. The maximum atomic E-state index is 13.1. The Morgan fingerprint density at radius 1 is 1.00 bits per heavy atom. The third-order valence-electron chi connectivity index (χ3n) is 5.64. The topological polar surface area (TPSA) is 93.7 Å². The molecular weight excluding hydrogens is 420 g/mol. The van der Waals surface area contributed by atoms with E-state index in [1.807, 2.05) is 48.5 Å². The number of rotatable bonds is 9. The molecule has 0 aliphatic heterocycles. The maximum Gasteiger partial charge on any atom is 0.408 e. The maximum absolute atomic E-state index is 13.1. The van der Waals surface area contributed by atoms with Gasteiger partial charge in [0.25, 0.3) is 0 Å². The van der Waals surface area contributed by atoms with Crippen LogP contribution in [0.25, 0.3) is 11.1 Å². The molecule has 2 aromatic carbocycles. The van der Waals surface area contributed by atoms with Gasteiger partial charge in [0.05, 0.1) is 13.2 Å². The van der Waals surface area contributed by atoms with Gasteiger partial charge in [-0.15, -0.1) is 0 Å². The second-order valence-electron chi connectivity index (χ2n) is 9.14. The molecule has 0 fully saturated rings. The van der Waals surface area contributed by atoms with Crippen molar-refractivity contribution in [3.63, 3.8) is 0 Å². The van der Waals surface area contributed by atoms with Crippen molar-refractivity contribution in [2.75, 3.05) is 13.7 Å². The summed E-state index contributed by atoms with van der Waals surface area (Å²) in [5.74, 6) is -0.364. The summed E-state index contributed by atoms with van der Waals surface area (Å²) in [5, 5.41) is 6.04. The number of methoxy groups -OCH3 is 1. The van der Waals surface area contributed by atoms with Crippen LogP contribution in [-0.2, 0) is 24.6 Å². The van der Waals surface area contributed by atoms with E-state index in [1.54, 1.807) is 20.8 Å². The first-order chi connectivity index (χ1) is 15.7. The second kappa shape index (κ2) is 10.2. The number of aldehydes is 1. The van der Waals surface area contributed by atoms with Crippen LogP contribution in [0.2, 0.25) is 0 Å². The first-order valence-electron chi connectivity index (χ1n) is 11.2. The van der Waals surface area contributed by atoms with E-state index in [-0.39, 0.29) is 5.97 Å². The van der Waals surface area contributed by atoms with Crippen LogP contribution in [0, 0.1) is 0 Å². The molecule has 3 rings (SSSR count). The minimum Gasteiger partial charge on any atom is -0.467 e. The Morgan fingerprint density at radius 3 is 2.09 bits per heavy atom. The van der Waals surface area contributed by atoms with Crippen molar-refractivity contribution in [3.05, 3.63) is 59.7 Å². The predicted octanol–water partition coefficient (Wildman–Crippen LogP) is 3.94. The van der Waals surface area contributed by atoms with Crippen LogP contribution in [0.4, 0.5) is 4.79 Å². The quantitative estimate of drug-likeness (QED) is 0.340. The SMILES string of the molecule is COC(=O)C1(NCCCC[C@@H](C=O)NC(=O)OC(C)(C)C)c2ccccc2-c2ccccc21. The zero-order chi connectivity index (χ0) is 24.1. The molecule has 7 nitrogen and oxygen atoms in total. The van der Waals surface area contributed by atoms with Gasteiger partial charge in [-0.1, -0.05) is 48.5 Å². The molecule has 7 heteroatoms. The lowest BCUT2D eigenvalue weighted by Gasteiger charge is -2.30. The van der Waals surface area contributed by atoms with Gasteiger partial charge in [0.2, 0.25) is 0 Å². The highest BCUT2D eigenvalue weighted by atomic mass is 16.6. The lowest BCUT2D eigenvalue weighted by Crippen LogP contribution is -2.50. The van der Waals surface area contributed by atoms with E-state index in [4.69, 9.17) is 9.47 Å². The number of fused-ring (bicyclic) bond motifs is 3. The van der Waals surface area contributed by atoms with Gasteiger partial charge >= 0.3 is 12.1 Å². The van der Waals surface area contributed by atoms with Gasteiger partial charge < -0.3 is 19.6 Å². The fraction of sp³-hybridized carbons (Fsp3) is 0.423. The molecule has 0 spiro atoms. The van der Waals surface area contributed by atoms with Crippen LogP contribution in [0.5, 0.6) is 0 Å². The van der Waals surface area contributed by atoms with Gasteiger partial charge in [0.15, 0.2) is 5.54 Å². The van der Waals surface area contributed by atoms with Crippen LogP contribution in [-0.4, -0.2) is 43.6 Å². The summed E-state index contributed by atoms with van der Waals surface area (Å²) in [7, 11) is 1.40. The van der Waals surface area contributed by atoms with E-state index >= 15 is 0 Å². The van der Waals surface area contributed by atoms with Gasteiger partial charge in [0.1, 0.15) is 11.9 Å². The fourth-order valence-electron chi connectivity index (χ4n) is 4.27. The normalized spacial score (nSPS) is 14.5. The number of amides is 1. The van der Waals surface area contributed by atoms with Crippen molar-refractivity contribution in [3.8, 4) is 11.1 Å². The summed E-state index contributed by atoms with van der Waals surface area (Å²) in [4.78, 5) is 36.4. The van der Waals surface area contributed by atoms with Crippen LogP contribution in [0.15, 0.2) is 48.5 Å². The summed E-state index contributed by atoms with van der Waals surface area (Å²) in [6.45, 7) is 5.83. The largest absolute Gasteiger partial charge is 0.467 e. The van der Waals surface area contributed by atoms with E-state index in [0.717, 1.165) is 28.5 Å². The monoisotopic (exact) mass is 452 g/mol. The van der Waals surface area contributed by atoms with Crippen LogP contribution in [0.3, 0.4) is 0 Å². The molecule has 2 aromatic rings. The lowest BCUT2D eigenvalue weighted by atomic mass is 9.87. The van der Waals surface area contributed by atoms with Crippen molar-refractivity contribution in [1.82, 2.24) is 10.6 Å². The highest BCUT2D eigenvalue weighted by Crippen LogP contribution is 2.47. The van der Waals surface area contributed by atoms with Crippen LogP contribution >= 0.6 is 0 Å². The Labute approximate surface area is 194 Å². The van der Waals surface area contributed by atoms with Gasteiger partial charge in [0, 0.05) is 0 Å². The van der Waals surface area contributed by atoms with E-state index in [9.17, 15) is 14.4 Å². The molecule has 1 atom stereocenters. The molecule has 0 aromatic heterocycles. The smallest absolute Gasteiger partial charge is 0.408 e. The Balaban J connectivity index is 1.66. The van der Waals surface area contributed by atoms with Gasteiger partial charge in [-0.05, 0) is 68.8 Å². The summed E-state index contributed by atoms with van der Waals surface area (Å²) in [5.41, 5.74) is 2.05. The third-order valence-corrected chi connectivity index (χ3v) is 5.64. The summed E-state index contributed by atoms with van der Waals surface area (Å²) in [6.07, 6.45) is 1.96. The molecule has 1 aliphatic rings. The first-order valence-corrected chi connectivity index (χ1v) is 11.2. The number of carbonyl (C=O) groups excluding carboxylic acids is 3. The summed E-state index contributed by atoms with van der Waals surface area (Å²) in [6, 6.07) is 15.1. The van der Waals surface area contributed by atoms with Crippen LogP contribution in [0.1, 0.15) is 51.2 Å². The van der Waals surface area contributed by atoms with E-state index in [2.05, 4.69) is 10.6 Å². The van der Waals surface area contributed by atoms with Crippen molar-refractivity contribution in [2.24, 2.45) is 0 Å². The fourth-order valence-corrected chi connectivity index (χ4v) is 4.27. The summed E-state index contributed by atoms with van der Waals surface area (Å²) < 4.78 is 10.4. The van der Waals surface area contributed by atoms with Crippen molar-refractivity contribution in [1.29, 1.82) is 0 Å². The Hall–Kier alpha value is -3.19. The zero-order valence-corrected chi connectivity index (χ0v) is 19.6. The lowest BCUT2D eigenvalue weighted by molar-refractivity contribution is -0.147. The highest BCUT2D eigenvalue weighted by Gasteiger charge is 2.49. The molecule has 0 heterocycles. The Morgan fingerprint density at radius 2 is 1.58 bits per heavy atom. The molecule has 1 amide bonds. The molecule has 0 radical (unpaired) electrons. The summed E-state index contributed by atoms with van der Waals surface area (Å²) >= 11 is 0. The molecule has 2 N–H and O–H groups in total. The van der Waals surface area contributed by atoms with Gasteiger partial charge in [-0.3, -0.25) is 5.32 Å². The number of benzene rings is 2. The number of unbranched alkanes of at least 4 members (excludes halogenated alkanes) is 1. The molecule has 0 unspecified atom stereocenters. The molecule has 1 aliphatic carbocycles.